The maximum Gasteiger partial charge on any atom is 0.0485 e. The first kappa shape index (κ1) is 28.2. The van der Waals surface area contributed by atoms with E-state index >= 15 is 0 Å². The number of anilines is 6. The normalized spacial score (nSPS) is 11.0. The van der Waals surface area contributed by atoms with Gasteiger partial charge in [-0.1, -0.05) is 24.3 Å². The highest BCUT2D eigenvalue weighted by Crippen LogP contribution is 2.42. The minimum atomic E-state index is 1.15. The highest BCUT2D eigenvalue weighted by molar-refractivity contribution is 5.84. The van der Waals surface area contributed by atoms with E-state index in [2.05, 4.69) is 163 Å². The van der Waals surface area contributed by atoms with E-state index in [0.717, 1.165) is 11.4 Å². The highest BCUT2D eigenvalue weighted by atomic mass is 15.2. The molecule has 0 amide bonds. The number of nitrogens with zero attached hydrogens (tertiary/aromatic N) is 2. The summed E-state index contributed by atoms with van der Waals surface area (Å²) in [5.41, 5.74) is 18.3. The van der Waals surface area contributed by atoms with Crippen molar-refractivity contribution in [3.63, 3.8) is 0 Å². The van der Waals surface area contributed by atoms with Gasteiger partial charge in [0.05, 0.1) is 0 Å². The minimum Gasteiger partial charge on any atom is -0.310 e. The first-order valence-electron chi connectivity index (χ1n) is 14.5. The van der Waals surface area contributed by atoms with Gasteiger partial charge in [-0.15, -0.1) is 0 Å². The van der Waals surface area contributed by atoms with Crippen LogP contribution < -0.4 is 9.80 Å². The van der Waals surface area contributed by atoms with Crippen LogP contribution in [0.3, 0.4) is 0 Å². The van der Waals surface area contributed by atoms with Crippen molar-refractivity contribution < 1.29 is 0 Å². The van der Waals surface area contributed by atoms with E-state index in [0.29, 0.717) is 0 Å². The van der Waals surface area contributed by atoms with Gasteiger partial charge in [0.15, 0.2) is 0 Å². The Balaban J connectivity index is 1.78. The van der Waals surface area contributed by atoms with Crippen molar-refractivity contribution in [1.29, 1.82) is 0 Å². The lowest BCUT2D eigenvalue weighted by atomic mass is 10.0. The van der Waals surface area contributed by atoms with Gasteiger partial charge in [0.25, 0.3) is 0 Å². The van der Waals surface area contributed by atoms with Crippen molar-refractivity contribution in [2.75, 3.05) is 9.80 Å². The zero-order chi connectivity index (χ0) is 29.4. The molecule has 5 rings (SSSR count). The van der Waals surface area contributed by atoms with Crippen molar-refractivity contribution in [2.24, 2.45) is 0 Å². The van der Waals surface area contributed by atoms with Gasteiger partial charge >= 0.3 is 0 Å². The van der Waals surface area contributed by atoms with Gasteiger partial charge < -0.3 is 9.80 Å². The Hall–Kier alpha value is -4.30. The average molecular weight is 539 g/mol. The van der Waals surface area contributed by atoms with Gasteiger partial charge in [-0.05, 0) is 179 Å². The number of benzene rings is 5. The van der Waals surface area contributed by atoms with Crippen molar-refractivity contribution in [3.8, 4) is 0 Å². The number of hydrogen-bond acceptors (Lipinski definition) is 2. The van der Waals surface area contributed by atoms with E-state index in [1.54, 1.807) is 0 Å². The molecule has 0 aliphatic rings. The number of aryl methyl sites for hydroxylation is 9. The van der Waals surface area contributed by atoms with Crippen LogP contribution in [0.15, 0.2) is 91.0 Å². The molecule has 208 valence electrons. The van der Waals surface area contributed by atoms with E-state index in [1.807, 2.05) is 0 Å². The third kappa shape index (κ3) is 6.38. The smallest absolute Gasteiger partial charge is 0.0485 e. The van der Waals surface area contributed by atoms with Crippen LogP contribution in [0.5, 0.6) is 0 Å². The molecule has 5 aromatic rings. The second kappa shape index (κ2) is 11.3. The van der Waals surface area contributed by atoms with E-state index < -0.39 is 0 Å². The van der Waals surface area contributed by atoms with Gasteiger partial charge in [-0.2, -0.15) is 0 Å². The zero-order valence-electron chi connectivity index (χ0n) is 26.1. The maximum atomic E-state index is 2.41. The lowest BCUT2D eigenvalue weighted by molar-refractivity contribution is 1.20. The molecule has 0 heterocycles. The van der Waals surface area contributed by atoms with Crippen LogP contribution in [-0.4, -0.2) is 0 Å². The zero-order valence-corrected chi connectivity index (χ0v) is 26.1. The molecular weight excluding hydrogens is 496 g/mol. The molecule has 0 radical (unpaired) electrons. The van der Waals surface area contributed by atoms with Crippen LogP contribution >= 0.6 is 0 Å². The predicted octanol–water partition coefficient (Wildman–Crippen LogP) is 11.4. The summed E-state index contributed by atoms with van der Waals surface area (Å²) < 4.78 is 0. The molecule has 0 aliphatic heterocycles. The largest absolute Gasteiger partial charge is 0.310 e. The minimum absolute atomic E-state index is 1.15. The van der Waals surface area contributed by atoms with Gasteiger partial charge in [0, 0.05) is 34.1 Å². The molecule has 0 atom stereocenters. The highest BCUT2D eigenvalue weighted by Gasteiger charge is 2.20. The summed E-state index contributed by atoms with van der Waals surface area (Å²) in [6, 6.07) is 34.2. The second-order valence-electron chi connectivity index (χ2n) is 12.1. The van der Waals surface area contributed by atoms with E-state index in [4.69, 9.17) is 0 Å². The molecule has 41 heavy (non-hydrogen) atoms. The summed E-state index contributed by atoms with van der Waals surface area (Å²) >= 11 is 0. The van der Waals surface area contributed by atoms with Gasteiger partial charge in [0.2, 0.25) is 0 Å². The topological polar surface area (TPSA) is 6.48 Å². The lowest BCUT2D eigenvalue weighted by Crippen LogP contribution is -2.14. The summed E-state index contributed by atoms with van der Waals surface area (Å²) in [7, 11) is 0. The molecule has 0 fully saturated rings. The van der Waals surface area contributed by atoms with Crippen LogP contribution in [0, 0.1) is 62.3 Å². The second-order valence-corrected chi connectivity index (χ2v) is 12.1. The Morgan fingerprint density at radius 1 is 0.220 bits per heavy atom. The Bertz CT molecular complexity index is 1430. The summed E-state index contributed by atoms with van der Waals surface area (Å²) in [5, 5.41) is 0. The van der Waals surface area contributed by atoms with E-state index in [9.17, 15) is 0 Å². The fraction of sp³-hybridized carbons (Fsp3) is 0.231. The van der Waals surface area contributed by atoms with Crippen LogP contribution in [-0.2, 0) is 0 Å². The molecule has 0 unspecified atom stereocenters. The first-order chi connectivity index (χ1) is 19.4. The van der Waals surface area contributed by atoms with Crippen LogP contribution in [0.1, 0.15) is 50.1 Å². The number of rotatable bonds is 6. The monoisotopic (exact) mass is 538 g/mol. The van der Waals surface area contributed by atoms with Crippen molar-refractivity contribution in [1.82, 2.24) is 0 Å². The van der Waals surface area contributed by atoms with Gasteiger partial charge in [-0.3, -0.25) is 0 Å². The molecule has 2 heteroatoms. The Kier molecular flexibility index (Phi) is 7.78. The van der Waals surface area contributed by atoms with Crippen molar-refractivity contribution in [3.05, 3.63) is 141 Å². The van der Waals surface area contributed by atoms with Gasteiger partial charge in [0.1, 0.15) is 0 Å². The molecule has 0 aliphatic carbocycles. The maximum absolute atomic E-state index is 2.41. The third-order valence-electron chi connectivity index (χ3n) is 7.42. The SMILES string of the molecule is Cc1cc(C)cc(N(c2cc(C)cc(C)c2)c2cc(C)cc(N(c3cc(C)cc(C)c3)c3cc(C)cc(C)c3)c2)c1. The van der Waals surface area contributed by atoms with E-state index in [-0.39, 0.29) is 0 Å². The predicted molar refractivity (Wildman–Crippen MR) is 178 cm³/mol. The summed E-state index contributed by atoms with van der Waals surface area (Å²) in [6.45, 7) is 19.6. The summed E-state index contributed by atoms with van der Waals surface area (Å²) in [5.74, 6) is 0. The molecule has 0 spiro atoms. The fourth-order valence-electron chi connectivity index (χ4n) is 6.21. The number of hydrogen-bond donors (Lipinski definition) is 0. The molecule has 0 N–H and O–H groups in total. The summed E-state index contributed by atoms with van der Waals surface area (Å²) in [6.07, 6.45) is 0. The quantitative estimate of drug-likeness (QED) is 0.212. The molecule has 0 aromatic heterocycles. The third-order valence-corrected chi connectivity index (χ3v) is 7.42. The van der Waals surface area contributed by atoms with Gasteiger partial charge in [-0.25, -0.2) is 0 Å². The summed E-state index contributed by atoms with van der Waals surface area (Å²) in [4.78, 5) is 4.83. The molecule has 2 nitrogen and oxygen atoms in total. The first-order valence-corrected chi connectivity index (χ1v) is 14.5. The Morgan fingerprint density at radius 2 is 0.366 bits per heavy atom. The Morgan fingerprint density at radius 3 is 0.561 bits per heavy atom. The van der Waals surface area contributed by atoms with Crippen LogP contribution in [0.2, 0.25) is 0 Å². The van der Waals surface area contributed by atoms with Crippen molar-refractivity contribution >= 4 is 34.1 Å². The molecule has 5 aromatic carbocycles. The standard InChI is InChI=1S/C39H42N2/c1-25-10-26(2)15-34(14-25)40(35-16-27(3)11-28(4)17-35)38-22-33(9)23-39(24-38)41(36-18-29(5)12-30(6)19-36)37-20-31(7)13-32(8)21-37/h10-24H,1-9H3. The molecule has 0 saturated carbocycles. The fourth-order valence-corrected chi connectivity index (χ4v) is 6.21. The molecule has 0 saturated heterocycles. The molecule has 0 bridgehead atoms. The molecular formula is C39H42N2. The van der Waals surface area contributed by atoms with Crippen LogP contribution in [0.4, 0.5) is 34.1 Å². The van der Waals surface area contributed by atoms with E-state index in [1.165, 1.54) is 72.8 Å². The van der Waals surface area contributed by atoms with Crippen LogP contribution in [0.25, 0.3) is 0 Å². The average Bonchev–Trinajstić information content (AvgIpc) is 2.82. The Labute approximate surface area is 246 Å². The van der Waals surface area contributed by atoms with Crippen molar-refractivity contribution in [2.45, 2.75) is 62.3 Å². The lowest BCUT2D eigenvalue weighted by Gasteiger charge is -2.31.